The molecule has 23 valence electrons. The first-order chi connectivity index (χ1) is 1.00. The fraction of sp³-hybridized carbons (Fsp3) is 0. The molecule has 0 aliphatic heterocycles. The van der Waals surface area contributed by atoms with Crippen LogP contribution in [0.3, 0.4) is 0 Å². The smallest absolute Gasteiger partial charge is 0 e. The SMILES string of the molecule is [S-]I.[U].[V]. The molecule has 0 aliphatic carbocycles. The third-order valence-electron chi connectivity index (χ3n) is 0. The van der Waals surface area contributed by atoms with E-state index in [0.29, 0.717) is 0 Å². The minimum atomic E-state index is 0. The molecule has 0 N–H and O–H groups in total. The van der Waals surface area contributed by atoms with Gasteiger partial charge in [0.05, 0.1) is 0 Å². The van der Waals surface area contributed by atoms with Gasteiger partial charge in [-0.15, -0.1) is 0 Å². The minimum absolute atomic E-state index is 0. The van der Waals surface area contributed by atoms with Gasteiger partial charge in [-0.1, -0.05) is 0 Å². The summed E-state index contributed by atoms with van der Waals surface area (Å²) in [6.45, 7) is 0. The molecular weight excluding hydrogens is 448 g/mol. The molecule has 0 saturated heterocycles. The van der Waals surface area contributed by atoms with Crippen molar-refractivity contribution >= 4 is 31.0 Å². The first-order valence-electron chi connectivity index (χ1n) is 0.154. The molecule has 0 aromatic heterocycles. The maximum Gasteiger partial charge on any atom is 0 e. The molecule has 0 nitrogen and oxygen atoms in total. The quantitative estimate of drug-likeness (QED) is 0.392. The first kappa shape index (κ1) is 15.9. The largest absolute Gasteiger partial charge is 0.713 e. The van der Waals surface area contributed by atoms with Crippen molar-refractivity contribution in [1.29, 1.82) is 0 Å². The van der Waals surface area contributed by atoms with Crippen molar-refractivity contribution in [3.05, 3.63) is 0 Å². The zero-order chi connectivity index (χ0) is 2.00. The summed E-state index contributed by atoms with van der Waals surface area (Å²) in [5, 5.41) is 0. The van der Waals surface area contributed by atoms with E-state index in [4.69, 9.17) is 0 Å². The number of rotatable bonds is 0. The molecular formula is ISUV-. The normalized spacial score (nSPS) is 1.50. The van der Waals surface area contributed by atoms with Crippen molar-refractivity contribution in [2.24, 2.45) is 0 Å². The Hall–Kier alpha value is 2.72. The summed E-state index contributed by atoms with van der Waals surface area (Å²) in [5.41, 5.74) is 0. The summed E-state index contributed by atoms with van der Waals surface area (Å²) in [7, 11) is 4.05. The maximum absolute atomic E-state index is 4.05. The van der Waals surface area contributed by atoms with Crippen molar-refractivity contribution in [3.63, 3.8) is 0 Å². The number of hydrogen-bond donors (Lipinski definition) is 0. The molecule has 0 aliphatic rings. The van der Waals surface area contributed by atoms with Gasteiger partial charge in [0.25, 0.3) is 0 Å². The van der Waals surface area contributed by atoms with Crippen molar-refractivity contribution in [3.8, 4) is 0 Å². The van der Waals surface area contributed by atoms with E-state index in [1.165, 1.54) is 0 Å². The molecule has 0 fully saturated rings. The van der Waals surface area contributed by atoms with Crippen LogP contribution >= 0.6 is 21.2 Å². The van der Waals surface area contributed by atoms with Crippen molar-refractivity contribution in [2.45, 2.75) is 0 Å². The molecule has 0 heterocycles. The zero-order valence-corrected chi connectivity index (χ0v) is 10.3. The van der Waals surface area contributed by atoms with E-state index < -0.39 is 0 Å². The predicted octanol–water partition coefficient (Wildman–Crippen LogP) is 0.881. The average Bonchev–Trinajstić information content (AvgIpc) is 1.00. The number of halogens is 1. The Morgan fingerprint density at radius 2 is 1.25 bits per heavy atom. The van der Waals surface area contributed by atoms with Gasteiger partial charge in [-0.2, -0.15) is 0 Å². The Morgan fingerprint density at radius 3 is 1.25 bits per heavy atom. The standard InChI is InChI=1S/IS.U.V/c1-2;;/q-1;;. The summed E-state index contributed by atoms with van der Waals surface area (Å²) in [4.78, 5) is 0. The third-order valence-corrected chi connectivity index (χ3v) is 0. The van der Waals surface area contributed by atoms with Gasteiger partial charge in [0.15, 0.2) is 0 Å². The van der Waals surface area contributed by atoms with E-state index in [0.717, 1.165) is 0 Å². The van der Waals surface area contributed by atoms with Crippen molar-refractivity contribution in [2.75, 3.05) is 0 Å². The Morgan fingerprint density at radius 1 is 1.25 bits per heavy atom. The average molecular weight is 448 g/mol. The van der Waals surface area contributed by atoms with Crippen LogP contribution in [0.2, 0.25) is 0 Å². The Kier molecular flexibility index (Phi) is 68.5. The van der Waals surface area contributed by atoms with Crippen LogP contribution in [0.15, 0.2) is 0 Å². The van der Waals surface area contributed by atoms with E-state index >= 15 is 0 Å². The van der Waals surface area contributed by atoms with Crippen LogP contribution in [0.1, 0.15) is 0 Å². The summed E-state index contributed by atoms with van der Waals surface area (Å²) >= 11 is 1.73. The van der Waals surface area contributed by atoms with E-state index in [-0.39, 0.29) is 49.7 Å². The van der Waals surface area contributed by atoms with Gasteiger partial charge in [-0.05, 0) is 0 Å². The van der Waals surface area contributed by atoms with E-state index in [1.54, 1.807) is 21.2 Å². The summed E-state index contributed by atoms with van der Waals surface area (Å²) < 4.78 is 0. The molecule has 1 radical (unpaired) electrons. The second kappa shape index (κ2) is 17.2. The molecule has 4 heavy (non-hydrogen) atoms. The Bertz CT molecular complexity index is 8.00. The molecule has 0 amide bonds. The van der Waals surface area contributed by atoms with Gasteiger partial charge in [0.1, 0.15) is 0 Å². The fourth-order valence-electron chi connectivity index (χ4n) is 0. The molecule has 0 atom stereocenters. The van der Waals surface area contributed by atoms with Gasteiger partial charge in [-0.25, -0.2) is 0 Å². The molecule has 0 spiro atoms. The fourth-order valence-corrected chi connectivity index (χ4v) is 0. The van der Waals surface area contributed by atoms with Crippen LogP contribution in [0.5, 0.6) is 0 Å². The monoisotopic (exact) mass is 448 g/mol. The summed E-state index contributed by atoms with van der Waals surface area (Å²) in [6.07, 6.45) is 0. The number of hydrogen-bond acceptors (Lipinski definition) is 1. The van der Waals surface area contributed by atoms with Crippen LogP contribution in [-0.4, -0.2) is 0 Å². The van der Waals surface area contributed by atoms with E-state index in [9.17, 15) is 0 Å². The molecule has 4 heteroatoms. The van der Waals surface area contributed by atoms with Crippen LogP contribution in [0.4, 0.5) is 0 Å². The second-order valence-electron chi connectivity index (χ2n) is 0. The summed E-state index contributed by atoms with van der Waals surface area (Å²) in [5.74, 6) is 0. The summed E-state index contributed by atoms with van der Waals surface area (Å²) in [6, 6.07) is 0. The third kappa shape index (κ3) is 8.83. The topological polar surface area (TPSA) is 0 Å². The van der Waals surface area contributed by atoms with Gasteiger partial charge in [0.2, 0.25) is 0 Å². The van der Waals surface area contributed by atoms with Crippen molar-refractivity contribution < 1.29 is 49.7 Å². The predicted molar refractivity (Wildman–Crippen MR) is 21.4 cm³/mol. The second-order valence-corrected chi connectivity index (χ2v) is 0. The zero-order valence-electron chi connectivity index (χ0n) is 1.73. The van der Waals surface area contributed by atoms with Gasteiger partial charge >= 0.3 is 0 Å². The van der Waals surface area contributed by atoms with Gasteiger partial charge in [-0.3, -0.25) is 21.2 Å². The van der Waals surface area contributed by atoms with Crippen LogP contribution < -0.4 is 0 Å². The molecule has 0 aromatic carbocycles. The van der Waals surface area contributed by atoms with E-state index in [1.807, 2.05) is 0 Å². The minimum Gasteiger partial charge on any atom is -0.713 e. The molecule has 0 bridgehead atoms. The van der Waals surface area contributed by atoms with Gasteiger partial charge < -0.3 is 9.80 Å². The molecule has 0 aromatic rings. The molecule has 0 unspecified atom stereocenters. The van der Waals surface area contributed by atoms with Crippen LogP contribution in [-0.2, 0) is 28.4 Å². The van der Waals surface area contributed by atoms with Gasteiger partial charge in [0, 0.05) is 49.7 Å². The van der Waals surface area contributed by atoms with Crippen LogP contribution in [0, 0.1) is 31.1 Å². The first-order valence-corrected chi connectivity index (χ1v) is 3.11. The maximum atomic E-state index is 4.05. The molecule has 0 rings (SSSR count). The van der Waals surface area contributed by atoms with Crippen molar-refractivity contribution in [1.82, 2.24) is 0 Å². The Balaban J connectivity index is -0.00000000500. The van der Waals surface area contributed by atoms with Crippen LogP contribution in [0.25, 0.3) is 0 Å². The van der Waals surface area contributed by atoms with E-state index in [2.05, 4.69) is 9.80 Å². The Labute approximate surface area is 79.1 Å². The molecule has 0 saturated carbocycles.